The Hall–Kier alpha value is -4.37. The highest BCUT2D eigenvalue weighted by atomic mass is 19.1. The van der Waals surface area contributed by atoms with E-state index in [0.717, 1.165) is 11.1 Å². The predicted molar refractivity (Wildman–Crippen MR) is 164 cm³/mol. The number of alkyl halides is 1. The van der Waals surface area contributed by atoms with Crippen molar-refractivity contribution in [1.82, 2.24) is 20.6 Å². The number of hydrogen-bond donors (Lipinski definition) is 3. The zero-order chi connectivity index (χ0) is 30.8. The number of carbonyl (C=O) groups excluding carboxylic acids is 2. The lowest BCUT2D eigenvalue weighted by Gasteiger charge is -2.28. The van der Waals surface area contributed by atoms with E-state index in [2.05, 4.69) is 20.6 Å². The van der Waals surface area contributed by atoms with Crippen molar-refractivity contribution in [3.8, 4) is 5.75 Å². The van der Waals surface area contributed by atoms with Gasteiger partial charge in [0.15, 0.2) is 0 Å². The summed E-state index contributed by atoms with van der Waals surface area (Å²) in [6, 6.07) is 23.3. The molecule has 3 N–H and O–H groups in total. The van der Waals surface area contributed by atoms with E-state index in [1.807, 2.05) is 72.8 Å². The van der Waals surface area contributed by atoms with E-state index < -0.39 is 29.6 Å². The Morgan fingerprint density at radius 3 is 2.30 bits per heavy atom. The summed E-state index contributed by atoms with van der Waals surface area (Å²) in [5.74, 6) is -0.741. The minimum Gasteiger partial charge on any atom is -0.497 e. The molecule has 0 saturated heterocycles. The van der Waals surface area contributed by atoms with Crippen molar-refractivity contribution in [2.75, 3.05) is 7.11 Å². The van der Waals surface area contributed by atoms with Crippen LogP contribution in [-0.4, -0.2) is 51.8 Å². The largest absolute Gasteiger partial charge is 0.497 e. The lowest BCUT2D eigenvalue weighted by atomic mass is 9.87. The molecule has 0 aliphatic rings. The third-order valence-corrected chi connectivity index (χ3v) is 7.37. The third kappa shape index (κ3) is 9.58. The van der Waals surface area contributed by atoms with Crippen molar-refractivity contribution < 1.29 is 23.8 Å². The van der Waals surface area contributed by atoms with Crippen LogP contribution in [0.4, 0.5) is 4.39 Å². The molecule has 9 heteroatoms. The zero-order valence-corrected chi connectivity index (χ0v) is 24.8. The summed E-state index contributed by atoms with van der Waals surface area (Å²) in [4.78, 5) is 35.4. The van der Waals surface area contributed by atoms with Crippen LogP contribution < -0.4 is 15.4 Å². The Kier molecular flexibility index (Phi) is 10.8. The second kappa shape index (κ2) is 14.7. The average molecular weight is 587 g/mol. The zero-order valence-electron chi connectivity index (χ0n) is 24.8. The number of rotatable bonds is 14. The number of aliphatic hydroxyl groups is 1. The van der Waals surface area contributed by atoms with E-state index in [1.165, 1.54) is 20.0 Å². The van der Waals surface area contributed by atoms with Gasteiger partial charge in [-0.2, -0.15) is 0 Å². The molecular weight excluding hydrogens is 547 g/mol. The van der Waals surface area contributed by atoms with Crippen molar-refractivity contribution in [2.45, 2.75) is 63.9 Å². The number of amides is 2. The Labute approximate surface area is 251 Å². The van der Waals surface area contributed by atoms with Gasteiger partial charge in [0, 0.05) is 12.5 Å². The maximum Gasteiger partial charge on any atom is 0.271 e. The van der Waals surface area contributed by atoms with Gasteiger partial charge >= 0.3 is 0 Å². The van der Waals surface area contributed by atoms with Gasteiger partial charge < -0.3 is 20.5 Å². The average Bonchev–Trinajstić information content (AvgIpc) is 3.01. The number of carbonyl (C=O) groups is 2. The van der Waals surface area contributed by atoms with Crippen LogP contribution >= 0.6 is 0 Å². The number of benzene rings is 3. The Bertz CT molecular complexity index is 1490. The monoisotopic (exact) mass is 586 g/mol. The molecule has 4 aromatic rings. The van der Waals surface area contributed by atoms with Crippen LogP contribution in [0.15, 0.2) is 85.1 Å². The summed E-state index contributed by atoms with van der Waals surface area (Å²) >= 11 is 0. The first kappa shape index (κ1) is 31.6. The van der Waals surface area contributed by atoms with Crippen molar-refractivity contribution in [2.24, 2.45) is 5.92 Å². The molecule has 1 aromatic heterocycles. The molecule has 43 heavy (non-hydrogen) atoms. The molecule has 3 aromatic carbocycles. The first-order valence-electron chi connectivity index (χ1n) is 14.5. The summed E-state index contributed by atoms with van der Waals surface area (Å²) in [7, 11) is 1.59. The number of nitrogens with one attached hydrogen (secondary N) is 2. The van der Waals surface area contributed by atoms with Gasteiger partial charge in [0.2, 0.25) is 5.91 Å². The molecule has 8 nitrogen and oxygen atoms in total. The van der Waals surface area contributed by atoms with Crippen molar-refractivity contribution in [1.29, 1.82) is 0 Å². The molecule has 0 spiro atoms. The van der Waals surface area contributed by atoms with Gasteiger partial charge in [0.25, 0.3) is 5.91 Å². The summed E-state index contributed by atoms with van der Waals surface area (Å²) in [5, 5.41) is 17.3. The summed E-state index contributed by atoms with van der Waals surface area (Å²) in [6.45, 7) is 3.22. The number of aliphatic hydroxyl groups excluding tert-OH is 1. The number of fused-ring (bicyclic) bond motifs is 1. The van der Waals surface area contributed by atoms with Gasteiger partial charge in [-0.15, -0.1) is 0 Å². The van der Waals surface area contributed by atoms with Crippen LogP contribution in [0.5, 0.6) is 5.75 Å². The standard InChI is InChI=1S/C34H39FN4O4/c1-34(2,35)18-17-25(32(41)37-21-24-13-15-26(43-3)16-14-24)20-31(40)29(19-23-9-5-4-6-10-23)39-33(42)30-22-36-27-11-7-8-12-28(27)38-30/h4-16,22,25,29,31,40H,17-21H2,1-3H3,(H,37,41)(H,39,42)/t25-,29+,31+/m1/s1. The van der Waals surface area contributed by atoms with Gasteiger partial charge in [0.05, 0.1) is 36.5 Å². The van der Waals surface area contributed by atoms with Gasteiger partial charge in [-0.05, 0) is 74.9 Å². The molecule has 1 heterocycles. The van der Waals surface area contributed by atoms with Gasteiger partial charge in [0.1, 0.15) is 17.1 Å². The maximum atomic E-state index is 14.5. The maximum absolute atomic E-state index is 14.5. The second-order valence-electron chi connectivity index (χ2n) is 11.3. The fraction of sp³-hybridized carbons (Fsp3) is 0.353. The second-order valence-corrected chi connectivity index (χ2v) is 11.3. The minimum atomic E-state index is -1.48. The first-order valence-corrected chi connectivity index (χ1v) is 14.5. The van der Waals surface area contributed by atoms with E-state index in [9.17, 15) is 19.1 Å². The number of methoxy groups -OCH3 is 1. The number of ether oxygens (including phenoxy) is 1. The molecule has 0 radical (unpaired) electrons. The highest BCUT2D eigenvalue weighted by Crippen LogP contribution is 2.25. The molecular formula is C34H39FN4O4. The predicted octanol–water partition coefficient (Wildman–Crippen LogP) is 5.19. The lowest BCUT2D eigenvalue weighted by Crippen LogP contribution is -2.47. The quantitative estimate of drug-likeness (QED) is 0.187. The molecule has 3 atom stereocenters. The van der Waals surface area contributed by atoms with Gasteiger partial charge in [-0.25, -0.2) is 9.37 Å². The molecule has 0 unspecified atom stereocenters. The number of aromatic nitrogens is 2. The Balaban J connectivity index is 1.51. The summed E-state index contributed by atoms with van der Waals surface area (Å²) < 4.78 is 19.7. The number of para-hydroxylation sites is 2. The van der Waals surface area contributed by atoms with E-state index in [4.69, 9.17) is 4.74 Å². The fourth-order valence-electron chi connectivity index (χ4n) is 4.87. The molecule has 226 valence electrons. The highest BCUT2D eigenvalue weighted by molar-refractivity contribution is 5.94. The number of halogens is 1. The lowest BCUT2D eigenvalue weighted by molar-refractivity contribution is -0.126. The Morgan fingerprint density at radius 2 is 1.63 bits per heavy atom. The van der Waals surface area contributed by atoms with E-state index in [-0.39, 0.29) is 37.4 Å². The summed E-state index contributed by atoms with van der Waals surface area (Å²) in [5.41, 5.74) is 1.67. The van der Waals surface area contributed by atoms with E-state index in [0.29, 0.717) is 23.2 Å². The topological polar surface area (TPSA) is 113 Å². The molecule has 2 amide bonds. The third-order valence-electron chi connectivity index (χ3n) is 7.37. The van der Waals surface area contributed by atoms with Crippen molar-refractivity contribution in [3.05, 3.63) is 102 Å². The number of nitrogens with zero attached hydrogens (tertiary/aromatic N) is 2. The minimum absolute atomic E-state index is 0.0334. The smallest absolute Gasteiger partial charge is 0.271 e. The van der Waals surface area contributed by atoms with Crippen LogP contribution in [0, 0.1) is 5.92 Å². The normalized spacial score (nSPS) is 13.6. The van der Waals surface area contributed by atoms with Crippen LogP contribution in [0.2, 0.25) is 0 Å². The van der Waals surface area contributed by atoms with E-state index in [1.54, 1.807) is 13.2 Å². The van der Waals surface area contributed by atoms with Gasteiger partial charge in [-0.3, -0.25) is 14.6 Å². The Morgan fingerprint density at radius 1 is 0.953 bits per heavy atom. The fourth-order valence-corrected chi connectivity index (χ4v) is 4.87. The van der Waals surface area contributed by atoms with Crippen molar-refractivity contribution in [3.63, 3.8) is 0 Å². The SMILES string of the molecule is COc1ccc(CNC(=O)[C@H](CCC(C)(C)F)C[C@H](O)[C@H](Cc2ccccc2)NC(=O)c2cnc3ccccc3n2)cc1. The molecule has 0 saturated carbocycles. The van der Waals surface area contributed by atoms with Crippen LogP contribution in [-0.2, 0) is 17.8 Å². The molecule has 0 fully saturated rings. The van der Waals surface area contributed by atoms with E-state index >= 15 is 0 Å². The van der Waals surface area contributed by atoms with Crippen LogP contribution in [0.25, 0.3) is 11.0 Å². The van der Waals surface area contributed by atoms with Gasteiger partial charge in [-0.1, -0.05) is 54.6 Å². The number of hydrogen-bond acceptors (Lipinski definition) is 6. The molecule has 0 bridgehead atoms. The highest BCUT2D eigenvalue weighted by Gasteiger charge is 2.30. The van der Waals surface area contributed by atoms with Crippen LogP contribution in [0.3, 0.4) is 0 Å². The first-order chi connectivity index (χ1) is 20.6. The molecule has 4 rings (SSSR count). The van der Waals surface area contributed by atoms with Crippen molar-refractivity contribution >= 4 is 22.8 Å². The summed E-state index contributed by atoms with van der Waals surface area (Å²) in [6.07, 6.45) is 1.04. The molecule has 0 aliphatic heterocycles. The molecule has 0 aliphatic carbocycles. The van der Waals surface area contributed by atoms with Crippen LogP contribution in [0.1, 0.15) is 54.7 Å².